The summed E-state index contributed by atoms with van der Waals surface area (Å²) in [6.45, 7) is 7.45. The van der Waals surface area contributed by atoms with Crippen molar-refractivity contribution >= 4 is 11.6 Å². The fourth-order valence-corrected chi connectivity index (χ4v) is 1.76. The minimum atomic E-state index is -0.387. The first-order valence-corrected chi connectivity index (χ1v) is 5.93. The molecule has 1 amide bonds. The second kappa shape index (κ2) is 5.69. The predicted molar refractivity (Wildman–Crippen MR) is 75.1 cm³/mol. The van der Waals surface area contributed by atoms with Crippen molar-refractivity contribution in [3.63, 3.8) is 0 Å². The molecule has 0 aliphatic carbocycles. The summed E-state index contributed by atoms with van der Waals surface area (Å²) in [6, 6.07) is 5.37. The van der Waals surface area contributed by atoms with Crippen molar-refractivity contribution in [2.45, 2.75) is 33.7 Å². The SMILES string of the molecule is CC(N)=C(C(=O)Nc1ccc(C)c(C)c1)C(C)N. The lowest BCUT2D eigenvalue weighted by Crippen LogP contribution is -2.30. The molecule has 0 bridgehead atoms. The quantitative estimate of drug-likeness (QED) is 0.713. The van der Waals surface area contributed by atoms with Gasteiger partial charge in [0.05, 0.1) is 5.57 Å². The number of rotatable bonds is 3. The zero-order valence-corrected chi connectivity index (χ0v) is 11.4. The van der Waals surface area contributed by atoms with Crippen LogP contribution in [0.3, 0.4) is 0 Å². The molecule has 98 valence electrons. The van der Waals surface area contributed by atoms with Crippen molar-refractivity contribution in [2.24, 2.45) is 11.5 Å². The molecule has 0 saturated carbocycles. The van der Waals surface area contributed by atoms with Gasteiger partial charge in [0.2, 0.25) is 0 Å². The predicted octanol–water partition coefficient (Wildman–Crippen LogP) is 1.82. The Bertz CT molecular complexity index is 486. The van der Waals surface area contributed by atoms with Gasteiger partial charge in [-0.2, -0.15) is 0 Å². The van der Waals surface area contributed by atoms with E-state index in [4.69, 9.17) is 11.5 Å². The van der Waals surface area contributed by atoms with E-state index < -0.39 is 0 Å². The molecular formula is C14H21N3O. The zero-order chi connectivity index (χ0) is 13.9. The molecule has 0 spiro atoms. The van der Waals surface area contributed by atoms with E-state index in [9.17, 15) is 4.79 Å². The van der Waals surface area contributed by atoms with E-state index in [-0.39, 0.29) is 11.9 Å². The maximum atomic E-state index is 12.1. The topological polar surface area (TPSA) is 81.1 Å². The van der Waals surface area contributed by atoms with Gasteiger partial charge in [0.25, 0.3) is 5.91 Å². The maximum Gasteiger partial charge on any atom is 0.254 e. The average molecular weight is 247 g/mol. The van der Waals surface area contributed by atoms with E-state index in [0.717, 1.165) is 11.3 Å². The van der Waals surface area contributed by atoms with Crippen molar-refractivity contribution in [3.8, 4) is 0 Å². The molecule has 0 saturated heterocycles. The summed E-state index contributed by atoms with van der Waals surface area (Å²) in [4.78, 5) is 12.1. The van der Waals surface area contributed by atoms with E-state index >= 15 is 0 Å². The Hall–Kier alpha value is -1.81. The lowest BCUT2D eigenvalue weighted by atomic mass is 10.1. The van der Waals surface area contributed by atoms with Gasteiger partial charge in [-0.05, 0) is 51.0 Å². The lowest BCUT2D eigenvalue weighted by Gasteiger charge is -2.14. The lowest BCUT2D eigenvalue weighted by molar-refractivity contribution is -0.113. The summed E-state index contributed by atoms with van der Waals surface area (Å²) in [5.74, 6) is -0.242. The van der Waals surface area contributed by atoms with Gasteiger partial charge in [0.1, 0.15) is 0 Å². The van der Waals surface area contributed by atoms with Crippen LogP contribution in [0.2, 0.25) is 0 Å². The van der Waals surface area contributed by atoms with E-state index in [2.05, 4.69) is 5.32 Å². The number of aryl methyl sites for hydroxylation is 2. The number of amides is 1. The summed E-state index contributed by atoms with van der Waals surface area (Å²) >= 11 is 0. The highest BCUT2D eigenvalue weighted by Crippen LogP contribution is 2.16. The normalized spacial score (nSPS) is 13.8. The molecule has 5 N–H and O–H groups in total. The van der Waals surface area contributed by atoms with Gasteiger partial charge in [-0.15, -0.1) is 0 Å². The Morgan fingerprint density at radius 3 is 2.33 bits per heavy atom. The number of nitrogens with two attached hydrogens (primary N) is 2. The molecule has 1 atom stereocenters. The van der Waals surface area contributed by atoms with Crippen molar-refractivity contribution in [3.05, 3.63) is 40.6 Å². The number of hydrogen-bond donors (Lipinski definition) is 3. The van der Waals surface area contributed by atoms with Crippen LogP contribution in [0.15, 0.2) is 29.5 Å². The second-order valence-corrected chi connectivity index (χ2v) is 4.64. The summed E-state index contributed by atoms with van der Waals surface area (Å²) in [5, 5.41) is 2.82. The van der Waals surface area contributed by atoms with Crippen LogP contribution in [0.5, 0.6) is 0 Å². The Morgan fingerprint density at radius 1 is 1.28 bits per heavy atom. The first-order valence-electron chi connectivity index (χ1n) is 5.93. The van der Waals surface area contributed by atoms with Crippen LogP contribution in [0.25, 0.3) is 0 Å². The molecule has 4 nitrogen and oxygen atoms in total. The Labute approximate surface area is 108 Å². The second-order valence-electron chi connectivity index (χ2n) is 4.64. The molecule has 4 heteroatoms. The van der Waals surface area contributed by atoms with Crippen LogP contribution in [0, 0.1) is 13.8 Å². The third-order valence-corrected chi connectivity index (χ3v) is 2.89. The number of nitrogens with one attached hydrogen (secondary N) is 1. The van der Waals surface area contributed by atoms with Crippen molar-refractivity contribution in [1.82, 2.24) is 0 Å². The van der Waals surface area contributed by atoms with E-state index in [1.54, 1.807) is 13.8 Å². The van der Waals surface area contributed by atoms with Crippen LogP contribution >= 0.6 is 0 Å². The van der Waals surface area contributed by atoms with Gasteiger partial charge in [0, 0.05) is 17.4 Å². The van der Waals surface area contributed by atoms with Gasteiger partial charge in [-0.25, -0.2) is 0 Å². The summed E-state index contributed by atoms with van der Waals surface area (Å²) in [7, 11) is 0. The zero-order valence-electron chi connectivity index (χ0n) is 11.4. The Kier molecular flexibility index (Phi) is 4.50. The largest absolute Gasteiger partial charge is 0.402 e. The molecule has 1 unspecified atom stereocenters. The standard InChI is InChI=1S/C14H21N3O/c1-8-5-6-12(7-9(8)2)17-14(18)13(10(3)15)11(4)16/h5-7,10H,15-16H2,1-4H3,(H,17,18). The molecule has 0 radical (unpaired) electrons. The first kappa shape index (κ1) is 14.3. The van der Waals surface area contributed by atoms with E-state index in [1.165, 1.54) is 5.56 Å². The highest BCUT2D eigenvalue weighted by atomic mass is 16.1. The Balaban J connectivity index is 2.94. The molecule has 0 aliphatic heterocycles. The van der Waals surface area contributed by atoms with Crippen LogP contribution in [-0.4, -0.2) is 11.9 Å². The number of allylic oxidation sites excluding steroid dienone is 1. The molecule has 0 aliphatic rings. The molecule has 1 rings (SSSR count). The van der Waals surface area contributed by atoms with Crippen molar-refractivity contribution in [2.75, 3.05) is 5.32 Å². The number of carbonyl (C=O) groups is 1. The van der Waals surface area contributed by atoms with Gasteiger partial charge in [-0.3, -0.25) is 4.79 Å². The monoisotopic (exact) mass is 247 g/mol. The fraction of sp³-hybridized carbons (Fsp3) is 0.357. The highest BCUT2D eigenvalue weighted by molar-refractivity contribution is 6.05. The van der Waals surface area contributed by atoms with Gasteiger partial charge >= 0.3 is 0 Å². The van der Waals surface area contributed by atoms with Crippen LogP contribution in [0.4, 0.5) is 5.69 Å². The van der Waals surface area contributed by atoms with E-state index in [1.807, 2.05) is 32.0 Å². The molecule has 1 aromatic carbocycles. The minimum Gasteiger partial charge on any atom is -0.402 e. The highest BCUT2D eigenvalue weighted by Gasteiger charge is 2.16. The summed E-state index contributed by atoms with van der Waals surface area (Å²) in [5.41, 5.74) is 15.4. The fourth-order valence-electron chi connectivity index (χ4n) is 1.76. The molecule has 0 aromatic heterocycles. The molecule has 0 heterocycles. The number of anilines is 1. The average Bonchev–Trinajstić information content (AvgIpc) is 2.22. The smallest absolute Gasteiger partial charge is 0.254 e. The van der Waals surface area contributed by atoms with Gasteiger partial charge < -0.3 is 16.8 Å². The first-order chi connectivity index (χ1) is 8.32. The van der Waals surface area contributed by atoms with Crippen LogP contribution in [0.1, 0.15) is 25.0 Å². The van der Waals surface area contributed by atoms with Gasteiger partial charge in [-0.1, -0.05) is 6.07 Å². The summed E-state index contributed by atoms with van der Waals surface area (Å²) in [6.07, 6.45) is 0. The third-order valence-electron chi connectivity index (χ3n) is 2.89. The van der Waals surface area contributed by atoms with Crippen LogP contribution < -0.4 is 16.8 Å². The Morgan fingerprint density at radius 2 is 1.89 bits per heavy atom. The number of benzene rings is 1. The third kappa shape index (κ3) is 3.34. The maximum absolute atomic E-state index is 12.1. The van der Waals surface area contributed by atoms with Crippen molar-refractivity contribution < 1.29 is 4.79 Å². The molecule has 0 fully saturated rings. The van der Waals surface area contributed by atoms with Crippen molar-refractivity contribution in [1.29, 1.82) is 0 Å². The van der Waals surface area contributed by atoms with Crippen LogP contribution in [-0.2, 0) is 4.79 Å². The van der Waals surface area contributed by atoms with Gasteiger partial charge in [0.15, 0.2) is 0 Å². The van der Waals surface area contributed by atoms with E-state index in [0.29, 0.717) is 11.3 Å². The number of carbonyl (C=O) groups excluding carboxylic acids is 1. The summed E-state index contributed by atoms with van der Waals surface area (Å²) < 4.78 is 0. The minimum absolute atomic E-state index is 0.242. The molecule has 18 heavy (non-hydrogen) atoms. The molecule has 1 aromatic rings. The number of hydrogen-bond acceptors (Lipinski definition) is 3. The molecular weight excluding hydrogens is 226 g/mol.